The average Bonchev–Trinajstić information content (AvgIpc) is 2.93. The molecule has 0 aliphatic carbocycles. The first-order valence-corrected chi connectivity index (χ1v) is 6.83. The van der Waals surface area contributed by atoms with Crippen LogP contribution < -0.4 is 5.73 Å². The topological polar surface area (TPSA) is 54.4 Å². The quantitative estimate of drug-likeness (QED) is 0.880. The van der Waals surface area contributed by atoms with Crippen molar-refractivity contribution in [3.05, 3.63) is 35.0 Å². The molecule has 1 aromatic carbocycles. The van der Waals surface area contributed by atoms with Crippen LogP contribution in [0.15, 0.2) is 18.3 Å². The molecule has 1 aliphatic heterocycles. The van der Waals surface area contributed by atoms with Gasteiger partial charge in [-0.2, -0.15) is 0 Å². The molecule has 0 saturated heterocycles. The first-order valence-electron chi connectivity index (χ1n) is 6.83. The molecule has 102 valence electrons. The molecular formula is C15H21N3O. The van der Waals surface area contributed by atoms with E-state index in [0.29, 0.717) is 0 Å². The summed E-state index contributed by atoms with van der Waals surface area (Å²) in [6, 6.07) is 4.24. The van der Waals surface area contributed by atoms with E-state index in [9.17, 15) is 5.11 Å². The lowest BCUT2D eigenvalue weighted by atomic mass is 10.0. The second-order valence-corrected chi connectivity index (χ2v) is 5.47. The van der Waals surface area contributed by atoms with E-state index in [1.165, 1.54) is 22.0 Å². The Morgan fingerprint density at radius 1 is 1.32 bits per heavy atom. The van der Waals surface area contributed by atoms with Gasteiger partial charge >= 0.3 is 0 Å². The third kappa shape index (κ3) is 1.96. The van der Waals surface area contributed by atoms with Crippen LogP contribution in [0, 0.1) is 0 Å². The molecule has 0 fully saturated rings. The van der Waals surface area contributed by atoms with Gasteiger partial charge in [0.25, 0.3) is 0 Å². The van der Waals surface area contributed by atoms with Crippen LogP contribution >= 0.6 is 0 Å². The molecule has 4 nitrogen and oxygen atoms in total. The van der Waals surface area contributed by atoms with Crippen molar-refractivity contribution in [2.24, 2.45) is 5.73 Å². The third-order valence-corrected chi connectivity index (χ3v) is 4.05. The SMILES string of the molecule is CCn1cc(C(N)CO)c2cc3c(cc21)CN(C)C3. The van der Waals surface area contributed by atoms with Gasteiger partial charge in [0.2, 0.25) is 0 Å². The normalized spacial score (nSPS) is 17.1. The number of nitrogens with zero attached hydrogens (tertiary/aromatic N) is 2. The van der Waals surface area contributed by atoms with Crippen molar-refractivity contribution in [3.63, 3.8) is 0 Å². The number of rotatable bonds is 3. The zero-order valence-corrected chi connectivity index (χ0v) is 11.6. The minimum atomic E-state index is -0.299. The maximum Gasteiger partial charge on any atom is 0.0625 e. The van der Waals surface area contributed by atoms with Gasteiger partial charge in [0.05, 0.1) is 12.6 Å². The fourth-order valence-electron chi connectivity index (χ4n) is 3.04. The summed E-state index contributed by atoms with van der Waals surface area (Å²) in [5.74, 6) is 0. The molecule has 1 unspecified atom stereocenters. The Morgan fingerprint density at radius 2 is 2.00 bits per heavy atom. The molecule has 1 aliphatic rings. The van der Waals surface area contributed by atoms with Crippen LogP contribution in [0.4, 0.5) is 0 Å². The van der Waals surface area contributed by atoms with Gasteiger partial charge in [-0.3, -0.25) is 4.90 Å². The summed E-state index contributed by atoms with van der Waals surface area (Å²) in [4.78, 5) is 2.31. The molecule has 2 heterocycles. The van der Waals surface area contributed by atoms with Crippen LogP contribution in [0.5, 0.6) is 0 Å². The summed E-state index contributed by atoms with van der Waals surface area (Å²) < 4.78 is 2.22. The predicted octanol–water partition coefficient (Wildman–Crippen LogP) is 1.60. The third-order valence-electron chi connectivity index (χ3n) is 4.05. The minimum absolute atomic E-state index is 0.0141. The molecule has 19 heavy (non-hydrogen) atoms. The highest BCUT2D eigenvalue weighted by Gasteiger charge is 2.20. The molecule has 1 aromatic heterocycles. The van der Waals surface area contributed by atoms with Crippen molar-refractivity contribution < 1.29 is 5.11 Å². The van der Waals surface area contributed by atoms with E-state index in [2.05, 4.69) is 41.8 Å². The van der Waals surface area contributed by atoms with Gasteiger partial charge in [-0.05, 0) is 42.8 Å². The number of aliphatic hydroxyl groups is 1. The van der Waals surface area contributed by atoms with E-state index >= 15 is 0 Å². The lowest BCUT2D eigenvalue weighted by molar-refractivity contribution is 0.268. The molecule has 0 saturated carbocycles. The van der Waals surface area contributed by atoms with E-state index in [4.69, 9.17) is 5.73 Å². The average molecular weight is 259 g/mol. The maximum absolute atomic E-state index is 9.32. The summed E-state index contributed by atoms with van der Waals surface area (Å²) in [6.07, 6.45) is 2.09. The second kappa shape index (κ2) is 4.63. The maximum atomic E-state index is 9.32. The Kier molecular flexibility index (Phi) is 3.09. The van der Waals surface area contributed by atoms with E-state index < -0.39 is 0 Å². The van der Waals surface area contributed by atoms with Crippen molar-refractivity contribution in [3.8, 4) is 0 Å². The van der Waals surface area contributed by atoms with Gasteiger partial charge in [-0.1, -0.05) is 0 Å². The van der Waals surface area contributed by atoms with Crippen LogP contribution in [-0.2, 0) is 19.6 Å². The zero-order chi connectivity index (χ0) is 13.6. The van der Waals surface area contributed by atoms with Crippen molar-refractivity contribution >= 4 is 10.9 Å². The fourth-order valence-corrected chi connectivity index (χ4v) is 3.04. The molecule has 0 bridgehead atoms. The van der Waals surface area contributed by atoms with Gasteiger partial charge < -0.3 is 15.4 Å². The van der Waals surface area contributed by atoms with Crippen LogP contribution in [-0.4, -0.2) is 28.2 Å². The van der Waals surface area contributed by atoms with E-state index in [1.807, 2.05) is 0 Å². The molecule has 3 rings (SSSR count). The number of hydrogen-bond donors (Lipinski definition) is 2. The van der Waals surface area contributed by atoms with Gasteiger partial charge in [-0.15, -0.1) is 0 Å². The van der Waals surface area contributed by atoms with Crippen LogP contribution in [0.1, 0.15) is 29.7 Å². The molecular weight excluding hydrogens is 238 g/mol. The molecule has 1 atom stereocenters. The number of aromatic nitrogens is 1. The minimum Gasteiger partial charge on any atom is -0.394 e. The Hall–Kier alpha value is -1.36. The smallest absolute Gasteiger partial charge is 0.0625 e. The largest absolute Gasteiger partial charge is 0.394 e. The first kappa shape index (κ1) is 12.7. The summed E-state index contributed by atoms with van der Waals surface area (Å²) in [6.45, 7) is 5.05. The fraction of sp³-hybridized carbons (Fsp3) is 0.467. The zero-order valence-electron chi connectivity index (χ0n) is 11.6. The molecule has 3 N–H and O–H groups in total. The lowest BCUT2D eigenvalue weighted by Crippen LogP contribution is -2.14. The monoisotopic (exact) mass is 259 g/mol. The van der Waals surface area contributed by atoms with E-state index in [1.54, 1.807) is 0 Å². The Morgan fingerprint density at radius 3 is 2.63 bits per heavy atom. The van der Waals surface area contributed by atoms with Crippen LogP contribution in [0.3, 0.4) is 0 Å². The molecule has 0 radical (unpaired) electrons. The van der Waals surface area contributed by atoms with Gasteiger partial charge in [-0.25, -0.2) is 0 Å². The molecule has 0 amide bonds. The highest BCUT2D eigenvalue weighted by atomic mass is 16.3. The van der Waals surface area contributed by atoms with Crippen molar-refractivity contribution in [1.82, 2.24) is 9.47 Å². The second-order valence-electron chi connectivity index (χ2n) is 5.47. The number of aliphatic hydroxyl groups excluding tert-OH is 1. The van der Waals surface area contributed by atoms with Gasteiger partial charge in [0, 0.05) is 36.7 Å². The summed E-state index contributed by atoms with van der Waals surface area (Å²) in [7, 11) is 2.14. The lowest BCUT2D eigenvalue weighted by Gasteiger charge is -2.07. The number of benzene rings is 1. The Bertz CT molecular complexity index is 617. The highest BCUT2D eigenvalue weighted by Crippen LogP contribution is 2.32. The predicted molar refractivity (Wildman–Crippen MR) is 76.8 cm³/mol. The van der Waals surface area contributed by atoms with E-state index in [0.717, 1.165) is 25.2 Å². The Balaban J connectivity index is 2.22. The van der Waals surface area contributed by atoms with E-state index in [-0.39, 0.29) is 12.6 Å². The summed E-state index contributed by atoms with van der Waals surface area (Å²) in [5, 5.41) is 10.5. The Labute approximate surface area is 113 Å². The number of hydrogen-bond acceptors (Lipinski definition) is 3. The standard InChI is InChI=1S/C15H21N3O/c1-3-18-8-13(14(16)9-19)12-4-10-6-17(2)7-11(10)5-15(12)18/h4-5,8,14,19H,3,6-7,9,16H2,1-2H3. The first-order chi connectivity index (χ1) is 9.13. The summed E-state index contributed by atoms with van der Waals surface area (Å²) >= 11 is 0. The van der Waals surface area contributed by atoms with Crippen molar-refractivity contribution in [2.45, 2.75) is 32.6 Å². The number of aryl methyl sites for hydroxylation is 1. The highest BCUT2D eigenvalue weighted by molar-refractivity contribution is 5.86. The van der Waals surface area contributed by atoms with Crippen molar-refractivity contribution in [1.29, 1.82) is 0 Å². The number of fused-ring (bicyclic) bond motifs is 2. The van der Waals surface area contributed by atoms with Crippen LogP contribution in [0.25, 0.3) is 10.9 Å². The summed E-state index contributed by atoms with van der Waals surface area (Å²) in [5.41, 5.74) is 11.1. The van der Waals surface area contributed by atoms with Crippen molar-refractivity contribution in [2.75, 3.05) is 13.7 Å². The molecule has 2 aromatic rings. The van der Waals surface area contributed by atoms with Gasteiger partial charge in [0.15, 0.2) is 0 Å². The van der Waals surface area contributed by atoms with Gasteiger partial charge in [0.1, 0.15) is 0 Å². The van der Waals surface area contributed by atoms with Crippen LogP contribution in [0.2, 0.25) is 0 Å². The molecule has 0 spiro atoms. The molecule has 4 heteroatoms. The number of nitrogens with two attached hydrogens (primary N) is 1.